The maximum atomic E-state index is 13.1. The monoisotopic (exact) mass is 391 g/mol. The Hall–Kier alpha value is -2.87. The highest BCUT2D eigenvalue weighted by Crippen LogP contribution is 2.28. The summed E-state index contributed by atoms with van der Waals surface area (Å²) < 4.78 is 36.7. The molecule has 0 saturated carbocycles. The molecule has 27 heavy (non-hydrogen) atoms. The number of benzene rings is 2. The van der Waals surface area contributed by atoms with E-state index in [1.165, 1.54) is 37.4 Å². The smallest absolute Gasteiger partial charge is 0.338 e. The average Bonchev–Trinajstić information content (AvgIpc) is 2.67. The Kier molecular flexibility index (Phi) is 6.57. The summed E-state index contributed by atoms with van der Waals surface area (Å²) in [5, 5.41) is 0. The molecule has 2 rings (SSSR count). The molecule has 2 aromatic rings. The Labute approximate surface area is 158 Å². The number of sulfonamides is 1. The van der Waals surface area contributed by atoms with Gasteiger partial charge in [-0.1, -0.05) is 18.2 Å². The van der Waals surface area contributed by atoms with Crippen molar-refractivity contribution >= 4 is 27.6 Å². The lowest BCUT2D eigenvalue weighted by Gasteiger charge is -2.25. The van der Waals surface area contributed by atoms with Crippen LogP contribution in [0.25, 0.3) is 0 Å². The zero-order valence-corrected chi connectivity index (χ0v) is 16.2. The normalized spacial score (nSPS) is 10.9. The topological polar surface area (TPSA) is 90.0 Å². The number of aryl methyl sites for hydroxylation is 1. The molecule has 144 valence electrons. The molecule has 2 aromatic carbocycles. The minimum Gasteiger partial charge on any atom is -0.468 e. The summed E-state index contributed by atoms with van der Waals surface area (Å²) in [6, 6.07) is 12.3. The second-order valence-electron chi connectivity index (χ2n) is 5.62. The van der Waals surface area contributed by atoms with E-state index in [-0.39, 0.29) is 17.2 Å². The zero-order chi connectivity index (χ0) is 20.0. The zero-order valence-electron chi connectivity index (χ0n) is 15.3. The number of methoxy groups -OCH3 is 1. The van der Waals surface area contributed by atoms with Crippen molar-refractivity contribution in [3.05, 3.63) is 59.7 Å². The number of rotatable bonds is 7. The molecule has 0 aliphatic carbocycles. The molecule has 0 spiro atoms. The maximum Gasteiger partial charge on any atom is 0.338 e. The molecule has 0 amide bonds. The molecule has 0 aliphatic heterocycles. The Morgan fingerprint density at radius 1 is 1.07 bits per heavy atom. The van der Waals surface area contributed by atoms with E-state index >= 15 is 0 Å². The lowest BCUT2D eigenvalue weighted by molar-refractivity contribution is -0.138. The van der Waals surface area contributed by atoms with Crippen LogP contribution in [0, 0.1) is 6.92 Å². The SMILES string of the molecule is CCOC(=O)c1ccc(N(CC(=O)OC)S(=O)(=O)c2ccccc2)c(C)c1. The predicted octanol–water partition coefficient (Wildman–Crippen LogP) is 2.54. The molecule has 0 unspecified atom stereocenters. The van der Waals surface area contributed by atoms with Crippen molar-refractivity contribution in [3.8, 4) is 0 Å². The third-order valence-corrected chi connectivity index (χ3v) is 5.58. The largest absolute Gasteiger partial charge is 0.468 e. The van der Waals surface area contributed by atoms with Gasteiger partial charge in [-0.3, -0.25) is 9.10 Å². The van der Waals surface area contributed by atoms with E-state index in [9.17, 15) is 18.0 Å². The third kappa shape index (κ3) is 4.65. The summed E-state index contributed by atoms with van der Waals surface area (Å²) in [7, 11) is -2.82. The van der Waals surface area contributed by atoms with E-state index in [2.05, 4.69) is 4.74 Å². The molecule has 8 heteroatoms. The molecular weight excluding hydrogens is 370 g/mol. The summed E-state index contributed by atoms with van der Waals surface area (Å²) in [6.45, 7) is 3.09. The van der Waals surface area contributed by atoms with Gasteiger partial charge in [-0.2, -0.15) is 0 Å². The van der Waals surface area contributed by atoms with Gasteiger partial charge in [0.2, 0.25) is 0 Å². The van der Waals surface area contributed by atoms with Gasteiger partial charge < -0.3 is 9.47 Å². The van der Waals surface area contributed by atoms with Crippen LogP contribution >= 0.6 is 0 Å². The molecular formula is C19H21NO6S. The van der Waals surface area contributed by atoms with Crippen molar-refractivity contribution in [2.24, 2.45) is 0 Å². The molecule has 0 bridgehead atoms. The summed E-state index contributed by atoms with van der Waals surface area (Å²) >= 11 is 0. The fraction of sp³-hybridized carbons (Fsp3) is 0.263. The number of nitrogens with zero attached hydrogens (tertiary/aromatic N) is 1. The summed E-state index contributed by atoms with van der Waals surface area (Å²) in [5.41, 5.74) is 1.08. The van der Waals surface area contributed by atoms with Gasteiger partial charge in [0.25, 0.3) is 10.0 Å². The van der Waals surface area contributed by atoms with Crippen LogP contribution in [-0.4, -0.2) is 40.6 Å². The van der Waals surface area contributed by atoms with E-state index in [4.69, 9.17) is 4.74 Å². The van der Waals surface area contributed by atoms with Crippen molar-refractivity contribution in [2.75, 3.05) is 24.6 Å². The van der Waals surface area contributed by atoms with Crippen LogP contribution in [0.3, 0.4) is 0 Å². The van der Waals surface area contributed by atoms with Crippen LogP contribution in [-0.2, 0) is 24.3 Å². The quantitative estimate of drug-likeness (QED) is 0.674. The van der Waals surface area contributed by atoms with Gasteiger partial charge >= 0.3 is 11.9 Å². The summed E-state index contributed by atoms with van der Waals surface area (Å²) in [4.78, 5) is 23.8. The standard InChI is InChI=1S/C19H21NO6S/c1-4-26-19(22)15-10-11-17(14(2)12-15)20(13-18(21)25-3)27(23,24)16-8-6-5-7-9-16/h5-12H,4,13H2,1-3H3. The fourth-order valence-electron chi connectivity index (χ4n) is 2.48. The van der Waals surface area contributed by atoms with E-state index < -0.39 is 28.5 Å². The van der Waals surface area contributed by atoms with Gasteiger partial charge in [0.05, 0.1) is 29.9 Å². The Morgan fingerprint density at radius 3 is 2.30 bits per heavy atom. The first kappa shape index (κ1) is 20.4. The van der Waals surface area contributed by atoms with Crippen molar-refractivity contribution in [1.29, 1.82) is 0 Å². The molecule has 0 radical (unpaired) electrons. The molecule has 0 N–H and O–H groups in total. The lowest BCUT2D eigenvalue weighted by Crippen LogP contribution is -2.36. The van der Waals surface area contributed by atoms with Crippen molar-refractivity contribution in [3.63, 3.8) is 0 Å². The minimum atomic E-state index is -4.01. The van der Waals surface area contributed by atoms with Crippen LogP contribution in [0.5, 0.6) is 0 Å². The maximum absolute atomic E-state index is 13.1. The predicted molar refractivity (Wildman–Crippen MR) is 100 cm³/mol. The van der Waals surface area contributed by atoms with E-state index in [0.29, 0.717) is 11.1 Å². The van der Waals surface area contributed by atoms with Gasteiger partial charge in [-0.25, -0.2) is 13.2 Å². The second kappa shape index (κ2) is 8.68. The van der Waals surface area contributed by atoms with Gasteiger partial charge in [0.1, 0.15) is 6.54 Å². The first-order chi connectivity index (χ1) is 12.8. The van der Waals surface area contributed by atoms with Gasteiger partial charge in [0.15, 0.2) is 0 Å². The van der Waals surface area contributed by atoms with Crippen molar-refractivity contribution < 1.29 is 27.5 Å². The number of esters is 2. The second-order valence-corrected chi connectivity index (χ2v) is 7.48. The highest BCUT2D eigenvalue weighted by Gasteiger charge is 2.28. The summed E-state index contributed by atoms with van der Waals surface area (Å²) in [6.07, 6.45) is 0. The highest BCUT2D eigenvalue weighted by molar-refractivity contribution is 7.92. The number of carbonyl (C=O) groups excluding carboxylic acids is 2. The van der Waals surface area contributed by atoms with Gasteiger partial charge in [-0.15, -0.1) is 0 Å². The molecule has 0 aromatic heterocycles. The first-order valence-corrected chi connectivity index (χ1v) is 9.67. The molecule has 0 atom stereocenters. The van der Waals surface area contributed by atoms with Crippen LogP contribution in [0.1, 0.15) is 22.8 Å². The van der Waals surface area contributed by atoms with Gasteiger partial charge in [-0.05, 0) is 49.7 Å². The van der Waals surface area contributed by atoms with Crippen molar-refractivity contribution in [1.82, 2.24) is 0 Å². The van der Waals surface area contributed by atoms with Crippen LogP contribution in [0.2, 0.25) is 0 Å². The minimum absolute atomic E-state index is 0.0442. The number of hydrogen-bond donors (Lipinski definition) is 0. The highest BCUT2D eigenvalue weighted by atomic mass is 32.2. The van der Waals surface area contributed by atoms with Gasteiger partial charge in [0, 0.05) is 0 Å². The lowest BCUT2D eigenvalue weighted by atomic mass is 10.1. The molecule has 0 aliphatic rings. The first-order valence-electron chi connectivity index (χ1n) is 8.23. The van der Waals surface area contributed by atoms with Crippen LogP contribution in [0.15, 0.2) is 53.4 Å². The Morgan fingerprint density at radius 2 is 1.74 bits per heavy atom. The van der Waals surface area contributed by atoms with Crippen LogP contribution < -0.4 is 4.31 Å². The molecule has 7 nitrogen and oxygen atoms in total. The third-order valence-electron chi connectivity index (χ3n) is 3.81. The number of hydrogen-bond acceptors (Lipinski definition) is 6. The number of ether oxygens (including phenoxy) is 2. The Balaban J connectivity index is 2.52. The summed E-state index contributed by atoms with van der Waals surface area (Å²) in [5.74, 6) is -1.21. The van der Waals surface area contributed by atoms with Crippen molar-refractivity contribution in [2.45, 2.75) is 18.7 Å². The fourth-order valence-corrected chi connectivity index (χ4v) is 3.97. The molecule has 0 heterocycles. The average molecular weight is 391 g/mol. The number of anilines is 1. The Bertz CT molecular complexity index is 924. The number of carbonyl (C=O) groups is 2. The van der Waals surface area contributed by atoms with E-state index in [0.717, 1.165) is 4.31 Å². The van der Waals surface area contributed by atoms with Crippen LogP contribution in [0.4, 0.5) is 5.69 Å². The van der Waals surface area contributed by atoms with E-state index in [1.807, 2.05) is 0 Å². The molecule has 0 saturated heterocycles. The molecule has 0 fully saturated rings. The van der Waals surface area contributed by atoms with E-state index in [1.54, 1.807) is 32.0 Å².